The first-order chi connectivity index (χ1) is 9.16. The molecule has 1 aromatic heterocycles. The Balaban J connectivity index is 2.29. The van der Waals surface area contributed by atoms with E-state index in [-0.39, 0.29) is 6.04 Å². The second kappa shape index (κ2) is 4.79. The number of para-hydroxylation sites is 1. The molecule has 0 saturated carbocycles. The number of aromatic nitrogens is 2. The van der Waals surface area contributed by atoms with Gasteiger partial charge >= 0.3 is 0 Å². The summed E-state index contributed by atoms with van der Waals surface area (Å²) in [6.07, 6.45) is 1.88. The smallest absolute Gasteiger partial charge is 0.0741 e. The molecule has 0 spiro atoms. The van der Waals surface area contributed by atoms with Gasteiger partial charge in [0, 0.05) is 15.9 Å². The Labute approximate surface area is 120 Å². The summed E-state index contributed by atoms with van der Waals surface area (Å²) in [6, 6.07) is 14.2. The van der Waals surface area contributed by atoms with Crippen LogP contribution in [0.4, 0.5) is 0 Å². The highest BCUT2D eigenvalue weighted by Crippen LogP contribution is 2.27. The molecular formula is C15H14BrN3. The second-order valence-corrected chi connectivity index (χ2v) is 5.52. The Bertz CT molecular complexity index is 731. The van der Waals surface area contributed by atoms with Crippen molar-refractivity contribution in [1.29, 1.82) is 0 Å². The number of fused-ring (bicyclic) bond motifs is 1. The van der Waals surface area contributed by atoms with E-state index in [1.807, 2.05) is 42.1 Å². The Morgan fingerprint density at radius 3 is 2.79 bits per heavy atom. The molecule has 0 radical (unpaired) electrons. The van der Waals surface area contributed by atoms with Gasteiger partial charge in [-0.1, -0.05) is 40.2 Å². The van der Waals surface area contributed by atoms with Gasteiger partial charge in [-0.15, -0.1) is 0 Å². The minimum absolute atomic E-state index is 0.0361. The molecule has 0 bridgehead atoms. The fourth-order valence-electron chi connectivity index (χ4n) is 2.25. The maximum atomic E-state index is 6.06. The highest BCUT2D eigenvalue weighted by molar-refractivity contribution is 9.10. The lowest BCUT2D eigenvalue weighted by molar-refractivity contribution is 0.788. The fraction of sp³-hybridized carbons (Fsp3) is 0.133. The molecule has 96 valence electrons. The molecule has 4 heteroatoms. The zero-order valence-electron chi connectivity index (χ0n) is 10.5. The van der Waals surface area contributed by atoms with Crippen LogP contribution in [0, 0.1) is 0 Å². The van der Waals surface area contributed by atoms with Crippen LogP contribution < -0.4 is 5.73 Å². The first-order valence-corrected chi connectivity index (χ1v) is 6.94. The molecule has 0 aliphatic carbocycles. The molecule has 1 atom stereocenters. The van der Waals surface area contributed by atoms with Gasteiger partial charge in [-0.05, 0) is 30.7 Å². The maximum absolute atomic E-state index is 6.06. The summed E-state index contributed by atoms with van der Waals surface area (Å²) >= 11 is 3.51. The summed E-state index contributed by atoms with van der Waals surface area (Å²) < 4.78 is 2.96. The molecule has 2 aromatic carbocycles. The topological polar surface area (TPSA) is 43.8 Å². The number of benzene rings is 2. The Morgan fingerprint density at radius 1 is 1.21 bits per heavy atom. The number of rotatable bonds is 2. The van der Waals surface area contributed by atoms with Crippen LogP contribution in [0.25, 0.3) is 16.6 Å². The number of hydrogen-bond donors (Lipinski definition) is 1. The number of nitrogens with two attached hydrogens (primary N) is 1. The first-order valence-electron chi connectivity index (χ1n) is 6.15. The van der Waals surface area contributed by atoms with Crippen LogP contribution in [0.3, 0.4) is 0 Å². The Kier molecular flexibility index (Phi) is 3.12. The normalized spacial score (nSPS) is 12.8. The van der Waals surface area contributed by atoms with Crippen molar-refractivity contribution in [3.8, 4) is 5.69 Å². The van der Waals surface area contributed by atoms with Gasteiger partial charge in [0.1, 0.15) is 0 Å². The van der Waals surface area contributed by atoms with Gasteiger partial charge in [0.05, 0.1) is 17.4 Å². The molecule has 0 fully saturated rings. The number of nitrogens with zero attached hydrogens (tertiary/aromatic N) is 2. The monoisotopic (exact) mass is 315 g/mol. The predicted molar refractivity (Wildman–Crippen MR) is 81.4 cm³/mol. The van der Waals surface area contributed by atoms with Gasteiger partial charge in [0.15, 0.2) is 0 Å². The molecule has 0 aliphatic heterocycles. The predicted octanol–water partition coefficient (Wildman–Crippen LogP) is 3.81. The molecule has 1 unspecified atom stereocenters. The molecular weight excluding hydrogens is 302 g/mol. The minimum atomic E-state index is -0.0361. The fourth-order valence-corrected chi connectivity index (χ4v) is 2.60. The Morgan fingerprint density at radius 2 is 2.00 bits per heavy atom. The van der Waals surface area contributed by atoms with E-state index in [0.717, 1.165) is 26.6 Å². The summed E-state index contributed by atoms with van der Waals surface area (Å²) in [7, 11) is 0. The van der Waals surface area contributed by atoms with E-state index in [2.05, 4.69) is 39.2 Å². The largest absolute Gasteiger partial charge is 0.324 e. The van der Waals surface area contributed by atoms with Crippen molar-refractivity contribution in [3.63, 3.8) is 0 Å². The zero-order valence-corrected chi connectivity index (χ0v) is 12.1. The lowest BCUT2D eigenvalue weighted by Crippen LogP contribution is -2.10. The van der Waals surface area contributed by atoms with Gasteiger partial charge in [-0.2, -0.15) is 5.10 Å². The highest BCUT2D eigenvalue weighted by Gasteiger charge is 2.12. The van der Waals surface area contributed by atoms with Crippen molar-refractivity contribution in [3.05, 3.63) is 58.7 Å². The van der Waals surface area contributed by atoms with Crippen LogP contribution in [0.5, 0.6) is 0 Å². The van der Waals surface area contributed by atoms with Gasteiger partial charge in [-0.25, -0.2) is 4.68 Å². The van der Waals surface area contributed by atoms with Crippen molar-refractivity contribution < 1.29 is 0 Å². The molecule has 3 aromatic rings. The summed E-state index contributed by atoms with van der Waals surface area (Å²) in [5.74, 6) is 0. The van der Waals surface area contributed by atoms with E-state index in [0.29, 0.717) is 0 Å². The third kappa shape index (κ3) is 2.17. The maximum Gasteiger partial charge on any atom is 0.0741 e. The third-order valence-corrected chi connectivity index (χ3v) is 3.68. The zero-order chi connectivity index (χ0) is 13.4. The van der Waals surface area contributed by atoms with E-state index in [9.17, 15) is 0 Å². The van der Waals surface area contributed by atoms with Crippen molar-refractivity contribution in [2.24, 2.45) is 5.73 Å². The van der Waals surface area contributed by atoms with Crippen LogP contribution in [-0.2, 0) is 0 Å². The molecule has 0 aliphatic rings. The van der Waals surface area contributed by atoms with Gasteiger partial charge < -0.3 is 5.73 Å². The van der Waals surface area contributed by atoms with Crippen LogP contribution in [0.2, 0.25) is 0 Å². The summed E-state index contributed by atoms with van der Waals surface area (Å²) in [6.45, 7) is 1.98. The van der Waals surface area contributed by atoms with E-state index < -0.39 is 0 Å². The lowest BCUT2D eigenvalue weighted by Gasteiger charge is -2.14. The SMILES string of the molecule is CC(N)c1ccc(Br)cc1-n1ncc2ccccc21. The molecule has 0 amide bonds. The first kappa shape index (κ1) is 12.4. The quantitative estimate of drug-likeness (QED) is 0.781. The highest BCUT2D eigenvalue weighted by atomic mass is 79.9. The van der Waals surface area contributed by atoms with Crippen molar-refractivity contribution in [2.75, 3.05) is 0 Å². The third-order valence-electron chi connectivity index (χ3n) is 3.19. The van der Waals surface area contributed by atoms with E-state index in [1.165, 1.54) is 0 Å². The molecule has 2 N–H and O–H groups in total. The minimum Gasteiger partial charge on any atom is -0.324 e. The molecule has 3 rings (SSSR count). The summed E-state index contributed by atoms with van der Waals surface area (Å²) in [5.41, 5.74) is 9.24. The standard InChI is InChI=1S/C15H14BrN3/c1-10(17)13-7-6-12(16)8-15(13)19-14-5-3-2-4-11(14)9-18-19/h2-10H,17H2,1H3. The summed E-state index contributed by atoms with van der Waals surface area (Å²) in [4.78, 5) is 0. The number of hydrogen-bond acceptors (Lipinski definition) is 2. The Hall–Kier alpha value is -1.65. The van der Waals surface area contributed by atoms with Crippen LogP contribution in [0.15, 0.2) is 53.1 Å². The van der Waals surface area contributed by atoms with E-state index >= 15 is 0 Å². The lowest BCUT2D eigenvalue weighted by atomic mass is 10.1. The molecule has 19 heavy (non-hydrogen) atoms. The molecule has 3 nitrogen and oxygen atoms in total. The second-order valence-electron chi connectivity index (χ2n) is 4.61. The van der Waals surface area contributed by atoms with Gasteiger partial charge in [0.2, 0.25) is 0 Å². The van der Waals surface area contributed by atoms with Gasteiger partial charge in [0.25, 0.3) is 0 Å². The van der Waals surface area contributed by atoms with Crippen LogP contribution in [-0.4, -0.2) is 9.78 Å². The molecule has 1 heterocycles. The average molecular weight is 316 g/mol. The summed E-state index contributed by atoms with van der Waals surface area (Å²) in [5, 5.41) is 5.61. The van der Waals surface area contributed by atoms with Crippen LogP contribution >= 0.6 is 15.9 Å². The van der Waals surface area contributed by atoms with Crippen molar-refractivity contribution >= 4 is 26.8 Å². The average Bonchev–Trinajstić information content (AvgIpc) is 2.82. The van der Waals surface area contributed by atoms with Crippen molar-refractivity contribution in [2.45, 2.75) is 13.0 Å². The van der Waals surface area contributed by atoms with E-state index in [1.54, 1.807) is 0 Å². The number of halogens is 1. The van der Waals surface area contributed by atoms with Gasteiger partial charge in [-0.3, -0.25) is 0 Å². The van der Waals surface area contributed by atoms with Crippen LogP contribution in [0.1, 0.15) is 18.5 Å². The van der Waals surface area contributed by atoms with Crippen molar-refractivity contribution in [1.82, 2.24) is 9.78 Å². The molecule has 0 saturated heterocycles. The van der Waals surface area contributed by atoms with E-state index in [4.69, 9.17) is 5.73 Å².